The smallest absolute Gasteiger partial charge is 0.257 e. The maximum atomic E-state index is 12.4. The molecule has 0 aromatic carbocycles. The van der Waals surface area contributed by atoms with Crippen LogP contribution in [0.4, 0.5) is 5.82 Å². The first-order chi connectivity index (χ1) is 15.8. The molecule has 4 aromatic heterocycles. The van der Waals surface area contributed by atoms with Gasteiger partial charge in [0.05, 0.1) is 12.2 Å². The summed E-state index contributed by atoms with van der Waals surface area (Å²) in [7, 11) is 0. The van der Waals surface area contributed by atoms with Crippen LogP contribution in [0.15, 0.2) is 54.1 Å². The third kappa shape index (κ3) is 2.79. The van der Waals surface area contributed by atoms with Gasteiger partial charge in [-0.15, -0.1) is 10.2 Å². The standard InChI is InChI=1S/C22H23N9O/c1-2-16-20-27-25-14-30(20)17-13-24-21(26-19(17)31(16)15-7-3-4-8-15)29-12-10-23-22(29)28-11-6-5-9-18(28)32/h5-6,9-16H,2-4,7-8H2,1H3/t16-/m1/s1. The van der Waals surface area contributed by atoms with Gasteiger partial charge in [-0.05, 0) is 25.3 Å². The van der Waals surface area contributed by atoms with Crippen LogP contribution in [-0.4, -0.2) is 44.9 Å². The van der Waals surface area contributed by atoms with Crippen LogP contribution < -0.4 is 10.5 Å². The van der Waals surface area contributed by atoms with Crippen LogP contribution in [0.2, 0.25) is 0 Å². The molecule has 2 aliphatic rings. The van der Waals surface area contributed by atoms with E-state index in [-0.39, 0.29) is 11.6 Å². The molecule has 0 N–H and O–H groups in total. The van der Waals surface area contributed by atoms with Crippen molar-refractivity contribution in [2.24, 2.45) is 0 Å². The normalized spacial score (nSPS) is 18.0. The molecule has 6 rings (SSSR count). The van der Waals surface area contributed by atoms with Crippen LogP contribution >= 0.6 is 0 Å². The molecule has 10 heteroatoms. The minimum absolute atomic E-state index is 0.106. The number of aromatic nitrogens is 8. The largest absolute Gasteiger partial charge is 0.341 e. The molecular weight excluding hydrogens is 406 g/mol. The van der Waals surface area contributed by atoms with Gasteiger partial charge in [-0.2, -0.15) is 4.98 Å². The molecule has 162 valence electrons. The van der Waals surface area contributed by atoms with Crippen molar-refractivity contribution in [3.63, 3.8) is 0 Å². The van der Waals surface area contributed by atoms with E-state index in [2.05, 4.69) is 32.0 Å². The van der Waals surface area contributed by atoms with Gasteiger partial charge in [0.2, 0.25) is 11.9 Å². The van der Waals surface area contributed by atoms with E-state index in [1.165, 1.54) is 23.5 Å². The quantitative estimate of drug-likeness (QED) is 0.492. The van der Waals surface area contributed by atoms with Crippen LogP contribution in [0, 0.1) is 0 Å². The van der Waals surface area contributed by atoms with Crippen molar-refractivity contribution in [3.05, 3.63) is 65.5 Å². The molecule has 0 amide bonds. The fourth-order valence-electron chi connectivity index (χ4n) is 4.97. The number of hydrogen-bond acceptors (Lipinski definition) is 7. The van der Waals surface area contributed by atoms with E-state index >= 15 is 0 Å². The van der Waals surface area contributed by atoms with E-state index in [4.69, 9.17) is 4.98 Å². The average molecular weight is 429 g/mol. The molecular formula is C22H23N9O. The number of imidazole rings is 1. The number of rotatable bonds is 4. The highest BCUT2D eigenvalue weighted by Crippen LogP contribution is 2.42. The van der Waals surface area contributed by atoms with Gasteiger partial charge in [-0.3, -0.25) is 18.5 Å². The van der Waals surface area contributed by atoms with E-state index in [1.807, 2.05) is 10.8 Å². The van der Waals surface area contributed by atoms with Crippen molar-refractivity contribution < 1.29 is 0 Å². The molecule has 0 bridgehead atoms. The van der Waals surface area contributed by atoms with E-state index in [0.29, 0.717) is 17.9 Å². The highest BCUT2D eigenvalue weighted by molar-refractivity contribution is 5.62. The first kappa shape index (κ1) is 18.9. The van der Waals surface area contributed by atoms with E-state index in [9.17, 15) is 4.79 Å². The predicted octanol–water partition coefficient (Wildman–Crippen LogP) is 2.61. The SMILES string of the molecule is CC[C@@H]1c2nncn2-c2cnc(-n3ccnc3-n3ccccc3=O)nc2N1C1CCCC1. The first-order valence-electron chi connectivity index (χ1n) is 11.0. The van der Waals surface area contributed by atoms with Crippen LogP contribution in [-0.2, 0) is 0 Å². The van der Waals surface area contributed by atoms with Crippen molar-refractivity contribution in [1.29, 1.82) is 0 Å². The monoisotopic (exact) mass is 429 g/mol. The van der Waals surface area contributed by atoms with Gasteiger partial charge >= 0.3 is 0 Å². The van der Waals surface area contributed by atoms with Crippen molar-refractivity contribution in [3.8, 4) is 17.6 Å². The van der Waals surface area contributed by atoms with Crippen LogP contribution in [0.3, 0.4) is 0 Å². The zero-order valence-corrected chi connectivity index (χ0v) is 17.7. The lowest BCUT2D eigenvalue weighted by Gasteiger charge is -2.40. The second-order valence-corrected chi connectivity index (χ2v) is 8.21. The van der Waals surface area contributed by atoms with Gasteiger partial charge in [0.1, 0.15) is 12.0 Å². The zero-order chi connectivity index (χ0) is 21.7. The maximum Gasteiger partial charge on any atom is 0.257 e. The number of pyridine rings is 1. The molecule has 0 saturated heterocycles. The minimum Gasteiger partial charge on any atom is -0.341 e. The Morgan fingerprint density at radius 2 is 1.94 bits per heavy atom. The summed E-state index contributed by atoms with van der Waals surface area (Å²) in [5.74, 6) is 2.74. The Morgan fingerprint density at radius 3 is 2.75 bits per heavy atom. The highest BCUT2D eigenvalue weighted by atomic mass is 16.1. The number of fused-ring (bicyclic) bond motifs is 3. The Hall–Kier alpha value is -3.82. The molecule has 1 fully saturated rings. The van der Waals surface area contributed by atoms with Gasteiger partial charge < -0.3 is 4.90 Å². The third-order valence-electron chi connectivity index (χ3n) is 6.43. The summed E-state index contributed by atoms with van der Waals surface area (Å²) in [6, 6.07) is 5.53. The van der Waals surface area contributed by atoms with E-state index < -0.39 is 0 Å². The second kappa shape index (κ2) is 7.40. The van der Waals surface area contributed by atoms with Crippen LogP contribution in [0.1, 0.15) is 50.9 Å². The topological polar surface area (TPSA) is 99.5 Å². The number of hydrogen-bond donors (Lipinski definition) is 0. The van der Waals surface area contributed by atoms with E-state index in [1.54, 1.807) is 41.6 Å². The van der Waals surface area contributed by atoms with Gasteiger partial charge in [0.15, 0.2) is 11.6 Å². The predicted molar refractivity (Wildman–Crippen MR) is 117 cm³/mol. The lowest BCUT2D eigenvalue weighted by Crippen LogP contribution is -2.42. The lowest BCUT2D eigenvalue weighted by atomic mass is 10.0. The second-order valence-electron chi connectivity index (χ2n) is 8.21. The lowest BCUT2D eigenvalue weighted by molar-refractivity contribution is 0.468. The molecule has 1 saturated carbocycles. The fraction of sp³-hybridized carbons (Fsp3) is 0.364. The van der Waals surface area contributed by atoms with Crippen molar-refractivity contribution in [1.82, 2.24) is 38.9 Å². The van der Waals surface area contributed by atoms with Gasteiger partial charge in [-0.25, -0.2) is 9.97 Å². The van der Waals surface area contributed by atoms with Gasteiger partial charge in [-0.1, -0.05) is 25.8 Å². The third-order valence-corrected chi connectivity index (χ3v) is 6.43. The van der Waals surface area contributed by atoms with Crippen molar-refractivity contribution in [2.75, 3.05) is 4.90 Å². The summed E-state index contributed by atoms with van der Waals surface area (Å²) in [6.45, 7) is 2.18. The molecule has 0 spiro atoms. The first-order valence-corrected chi connectivity index (χ1v) is 11.0. The summed E-state index contributed by atoms with van der Waals surface area (Å²) in [5.41, 5.74) is 0.717. The molecule has 0 radical (unpaired) electrons. The Balaban J connectivity index is 1.53. The molecule has 10 nitrogen and oxygen atoms in total. The molecule has 5 heterocycles. The van der Waals surface area contributed by atoms with Crippen LogP contribution in [0.25, 0.3) is 17.6 Å². The number of anilines is 1. The summed E-state index contributed by atoms with van der Waals surface area (Å²) >= 11 is 0. The average Bonchev–Trinajstić information content (AvgIpc) is 3.59. The summed E-state index contributed by atoms with van der Waals surface area (Å²) in [5, 5.41) is 8.60. The molecule has 32 heavy (non-hydrogen) atoms. The number of nitrogens with zero attached hydrogens (tertiary/aromatic N) is 9. The molecule has 1 aliphatic carbocycles. The van der Waals surface area contributed by atoms with Crippen LogP contribution in [0.5, 0.6) is 0 Å². The van der Waals surface area contributed by atoms with Gasteiger partial charge in [0, 0.05) is 30.7 Å². The van der Waals surface area contributed by atoms with Crippen molar-refractivity contribution >= 4 is 5.82 Å². The summed E-state index contributed by atoms with van der Waals surface area (Å²) < 4.78 is 5.23. The summed E-state index contributed by atoms with van der Waals surface area (Å²) in [6.07, 6.45) is 14.3. The van der Waals surface area contributed by atoms with Gasteiger partial charge in [0.25, 0.3) is 5.56 Å². The molecule has 1 aliphatic heterocycles. The maximum absolute atomic E-state index is 12.4. The fourth-order valence-corrected chi connectivity index (χ4v) is 4.97. The van der Waals surface area contributed by atoms with Crippen molar-refractivity contribution in [2.45, 2.75) is 51.1 Å². The van der Waals surface area contributed by atoms with E-state index in [0.717, 1.165) is 36.6 Å². The Kier molecular flexibility index (Phi) is 4.37. The minimum atomic E-state index is -0.161. The highest BCUT2D eigenvalue weighted by Gasteiger charge is 2.38. The summed E-state index contributed by atoms with van der Waals surface area (Å²) in [4.78, 5) is 28.9. The Bertz CT molecular complexity index is 1330. The Labute approximate surface area is 184 Å². The molecule has 1 atom stereocenters. The zero-order valence-electron chi connectivity index (χ0n) is 17.7. The molecule has 4 aromatic rings. The molecule has 0 unspecified atom stereocenters. The Morgan fingerprint density at radius 1 is 1.06 bits per heavy atom.